The maximum Gasteiger partial charge on any atom is 0.0156 e. The highest BCUT2D eigenvalue weighted by Crippen LogP contribution is 2.75. The largest absolute Gasteiger partial charge is 0.0995 e. The molecule has 2 aromatic rings. The molecular formula is C38H48. The number of aryl methyl sites for hydroxylation is 2. The molecule has 0 radical (unpaired) electrons. The van der Waals surface area contributed by atoms with E-state index in [9.17, 15) is 0 Å². The molecule has 0 aromatic heterocycles. The number of rotatable bonds is 4. The van der Waals surface area contributed by atoms with Crippen LogP contribution in [0.1, 0.15) is 89.5 Å². The summed E-state index contributed by atoms with van der Waals surface area (Å²) in [6.07, 6.45) is 3.43. The second-order valence-corrected chi connectivity index (χ2v) is 13.7. The van der Waals surface area contributed by atoms with Crippen molar-refractivity contribution in [2.24, 2.45) is 34.0 Å². The van der Waals surface area contributed by atoms with Gasteiger partial charge in [-0.25, -0.2) is 0 Å². The van der Waals surface area contributed by atoms with Crippen LogP contribution in [-0.4, -0.2) is 0 Å². The lowest BCUT2D eigenvalue weighted by atomic mass is 9.35. The third-order valence-electron chi connectivity index (χ3n) is 12.1. The molecule has 0 N–H and O–H groups in total. The van der Waals surface area contributed by atoms with E-state index < -0.39 is 0 Å². The zero-order valence-corrected chi connectivity index (χ0v) is 25.2. The molecule has 0 heteroatoms. The van der Waals surface area contributed by atoms with Gasteiger partial charge >= 0.3 is 0 Å². The van der Waals surface area contributed by atoms with Crippen LogP contribution in [0, 0.1) is 40.9 Å². The Morgan fingerprint density at radius 1 is 0.947 bits per heavy atom. The molecule has 3 aliphatic rings. The third kappa shape index (κ3) is 3.34. The fourth-order valence-electron chi connectivity index (χ4n) is 9.89. The Balaban J connectivity index is 1.78. The number of benzene rings is 2. The summed E-state index contributed by atoms with van der Waals surface area (Å²) in [5, 5.41) is 0. The summed E-state index contributed by atoms with van der Waals surface area (Å²) in [4.78, 5) is 0. The van der Waals surface area contributed by atoms with Gasteiger partial charge in [-0.05, 0) is 96.6 Å². The Kier molecular flexibility index (Phi) is 6.37. The van der Waals surface area contributed by atoms with E-state index >= 15 is 0 Å². The summed E-state index contributed by atoms with van der Waals surface area (Å²) in [5.41, 5.74) is 12.6. The minimum atomic E-state index is -0.0928. The zero-order valence-electron chi connectivity index (χ0n) is 25.2. The number of fused-ring (bicyclic) bond motifs is 3. The van der Waals surface area contributed by atoms with Gasteiger partial charge in [-0.2, -0.15) is 0 Å². The molecular weight excluding hydrogens is 456 g/mol. The summed E-state index contributed by atoms with van der Waals surface area (Å²) in [7, 11) is 0. The second-order valence-electron chi connectivity index (χ2n) is 13.7. The van der Waals surface area contributed by atoms with Crippen LogP contribution in [0.15, 0.2) is 90.6 Å². The van der Waals surface area contributed by atoms with E-state index in [2.05, 4.69) is 110 Å². The molecule has 2 unspecified atom stereocenters. The molecule has 0 nitrogen and oxygen atoms in total. The van der Waals surface area contributed by atoms with Crippen molar-refractivity contribution in [1.82, 2.24) is 0 Å². The second kappa shape index (κ2) is 8.97. The fraction of sp³-hybridized carbons (Fsp3) is 0.474. The van der Waals surface area contributed by atoms with Crippen molar-refractivity contribution in [2.45, 2.75) is 80.6 Å². The van der Waals surface area contributed by atoms with E-state index in [0.29, 0.717) is 23.7 Å². The lowest BCUT2D eigenvalue weighted by molar-refractivity contribution is -0.0677. The van der Waals surface area contributed by atoms with Gasteiger partial charge in [0, 0.05) is 16.7 Å². The van der Waals surface area contributed by atoms with Crippen LogP contribution < -0.4 is 0 Å². The predicted octanol–water partition coefficient (Wildman–Crippen LogP) is 10.5. The Bertz CT molecular complexity index is 1350. The molecule has 200 valence electrons. The van der Waals surface area contributed by atoms with E-state index in [4.69, 9.17) is 13.2 Å². The van der Waals surface area contributed by atoms with Gasteiger partial charge < -0.3 is 0 Å². The fourth-order valence-corrected chi connectivity index (χ4v) is 9.89. The Morgan fingerprint density at radius 2 is 1.61 bits per heavy atom. The summed E-state index contributed by atoms with van der Waals surface area (Å²) in [5.74, 6) is 1.81. The van der Waals surface area contributed by atoms with Gasteiger partial charge in [0.15, 0.2) is 0 Å². The molecule has 3 aliphatic carbocycles. The number of hydrogen-bond acceptors (Lipinski definition) is 0. The molecule has 1 saturated carbocycles. The number of allylic oxidation sites excluding steroid dienone is 5. The molecule has 5 rings (SSSR count). The monoisotopic (exact) mass is 504 g/mol. The van der Waals surface area contributed by atoms with Crippen LogP contribution >= 0.6 is 0 Å². The van der Waals surface area contributed by atoms with Crippen LogP contribution in [0.5, 0.6) is 0 Å². The summed E-state index contributed by atoms with van der Waals surface area (Å²) in [6, 6.07) is 18.0. The van der Waals surface area contributed by atoms with Crippen LogP contribution in [-0.2, 0) is 6.42 Å². The summed E-state index contributed by atoms with van der Waals surface area (Å²) in [6.45, 7) is 33.8. The Labute approximate surface area is 232 Å². The Hall–Kier alpha value is -2.60. The van der Waals surface area contributed by atoms with E-state index in [0.717, 1.165) is 12.8 Å². The van der Waals surface area contributed by atoms with Gasteiger partial charge in [-0.3, -0.25) is 0 Å². The van der Waals surface area contributed by atoms with Crippen molar-refractivity contribution >= 4 is 5.57 Å². The highest BCUT2D eigenvalue weighted by atomic mass is 14.7. The highest BCUT2D eigenvalue weighted by Gasteiger charge is 2.66. The van der Waals surface area contributed by atoms with Gasteiger partial charge in [0.05, 0.1) is 0 Å². The van der Waals surface area contributed by atoms with Gasteiger partial charge in [0.1, 0.15) is 0 Å². The Morgan fingerprint density at radius 3 is 2.24 bits per heavy atom. The molecule has 38 heavy (non-hydrogen) atoms. The van der Waals surface area contributed by atoms with Gasteiger partial charge in [0.2, 0.25) is 0 Å². The summed E-state index contributed by atoms with van der Waals surface area (Å²) < 4.78 is 0. The predicted molar refractivity (Wildman–Crippen MR) is 165 cm³/mol. The van der Waals surface area contributed by atoms with E-state index in [1.165, 1.54) is 56.5 Å². The van der Waals surface area contributed by atoms with E-state index in [1.54, 1.807) is 0 Å². The quantitative estimate of drug-likeness (QED) is 0.363. The first-order valence-electron chi connectivity index (χ1n) is 14.7. The lowest BCUT2D eigenvalue weighted by Gasteiger charge is -2.69. The van der Waals surface area contributed by atoms with Crippen LogP contribution in [0.4, 0.5) is 0 Å². The maximum absolute atomic E-state index is 4.87. The average Bonchev–Trinajstić information content (AvgIpc) is 2.86. The average molecular weight is 505 g/mol. The lowest BCUT2D eigenvalue weighted by Crippen LogP contribution is -2.60. The first kappa shape index (κ1) is 27.0. The highest BCUT2D eigenvalue weighted by molar-refractivity contribution is 5.87. The molecule has 7 atom stereocenters. The van der Waals surface area contributed by atoms with Crippen molar-refractivity contribution in [1.29, 1.82) is 0 Å². The molecule has 0 spiro atoms. The molecule has 2 aromatic carbocycles. The van der Waals surface area contributed by atoms with Gasteiger partial charge in [-0.1, -0.05) is 120 Å². The first-order valence-corrected chi connectivity index (χ1v) is 14.7. The van der Waals surface area contributed by atoms with E-state index in [-0.39, 0.29) is 16.2 Å². The molecule has 0 saturated heterocycles. The molecule has 0 aliphatic heterocycles. The van der Waals surface area contributed by atoms with Crippen molar-refractivity contribution in [3.8, 4) is 0 Å². The van der Waals surface area contributed by atoms with Crippen LogP contribution in [0.3, 0.4) is 0 Å². The van der Waals surface area contributed by atoms with Crippen molar-refractivity contribution in [3.05, 3.63) is 113 Å². The smallest absolute Gasteiger partial charge is 0.0156 e. The third-order valence-corrected chi connectivity index (χ3v) is 12.1. The van der Waals surface area contributed by atoms with Crippen molar-refractivity contribution in [2.75, 3.05) is 0 Å². The molecule has 0 amide bonds. The summed E-state index contributed by atoms with van der Waals surface area (Å²) >= 11 is 0. The maximum atomic E-state index is 4.87. The van der Waals surface area contributed by atoms with Crippen molar-refractivity contribution in [3.63, 3.8) is 0 Å². The van der Waals surface area contributed by atoms with E-state index in [1.807, 2.05) is 0 Å². The molecule has 1 fully saturated rings. The molecule has 0 heterocycles. The number of hydrogen-bond donors (Lipinski definition) is 0. The SMILES string of the molecule is C=C1C2=C(C)[C@@]3(C)C(=C)C(C(=C)C)C(C)C[C@@]3(C)[C@H](C)[C@@]2(C)[C@H](CCc2ccccc2)c2cccc(C)c21. The molecule has 0 bridgehead atoms. The van der Waals surface area contributed by atoms with Gasteiger partial charge in [-0.15, -0.1) is 0 Å². The van der Waals surface area contributed by atoms with Crippen molar-refractivity contribution < 1.29 is 0 Å². The first-order chi connectivity index (χ1) is 17.8. The minimum Gasteiger partial charge on any atom is -0.0995 e. The van der Waals surface area contributed by atoms with Crippen LogP contribution in [0.25, 0.3) is 5.57 Å². The topological polar surface area (TPSA) is 0 Å². The van der Waals surface area contributed by atoms with Gasteiger partial charge in [0.25, 0.3) is 0 Å². The standard InChI is InChI=1S/C38H48/c1-23(2)33-25(4)22-36(9)29(8)37(10)32(21-20-30-17-13-12-14-18-30)31-19-15-16-24(3)34(31)26(5)35(37)28(7)38(36,11)27(33)6/h12-19,25,29,32-33H,1,5-6,20-22H2,2-4,7-11H3/t25?,29-,32+,33?,36-,37-,38+/m0/s1. The van der Waals surface area contributed by atoms with Crippen LogP contribution in [0.2, 0.25) is 0 Å². The zero-order chi connectivity index (χ0) is 27.8. The normalized spacial score (nSPS) is 36.4. The minimum absolute atomic E-state index is 0.00105.